The topological polar surface area (TPSA) is 42.4 Å². The molecule has 0 saturated heterocycles. The van der Waals surface area contributed by atoms with Gasteiger partial charge in [0.15, 0.2) is 11.6 Å². The zero-order valence-electron chi connectivity index (χ0n) is 11.4. The van der Waals surface area contributed by atoms with Crippen LogP contribution in [0, 0.1) is 23.5 Å². The lowest BCUT2D eigenvalue weighted by Gasteiger charge is -2.22. The zero-order chi connectivity index (χ0) is 14.8. The van der Waals surface area contributed by atoms with Gasteiger partial charge in [0.05, 0.1) is 5.69 Å². The van der Waals surface area contributed by atoms with E-state index in [0.717, 1.165) is 0 Å². The molecule has 1 unspecified atom stereocenters. The molecule has 1 heterocycles. The molecule has 0 radical (unpaired) electrons. The number of aromatic nitrogens is 1. The molecule has 0 aromatic carbocycles. The van der Waals surface area contributed by atoms with Crippen molar-refractivity contribution in [3.8, 4) is 5.75 Å². The summed E-state index contributed by atoms with van der Waals surface area (Å²) in [5, 5.41) is 8.92. The van der Waals surface area contributed by atoms with Crippen molar-refractivity contribution in [2.24, 2.45) is 5.92 Å². The summed E-state index contributed by atoms with van der Waals surface area (Å²) in [6.45, 7) is 6.24. The zero-order valence-corrected chi connectivity index (χ0v) is 11.4. The number of aliphatic hydroxyl groups is 1. The normalized spacial score (nSPS) is 13.5. The summed E-state index contributed by atoms with van der Waals surface area (Å²) < 4.78 is 46.1. The van der Waals surface area contributed by atoms with Crippen LogP contribution in [0.5, 0.6) is 5.75 Å². The Kier molecular flexibility index (Phi) is 4.79. The lowest BCUT2D eigenvalue weighted by atomic mass is 10.1. The van der Waals surface area contributed by atoms with Crippen molar-refractivity contribution in [2.45, 2.75) is 39.7 Å². The van der Waals surface area contributed by atoms with Crippen molar-refractivity contribution < 1.29 is 23.0 Å². The molecule has 0 aliphatic heterocycles. The highest BCUT2D eigenvalue weighted by Gasteiger charge is 2.26. The molecule has 0 fully saturated rings. The van der Waals surface area contributed by atoms with Crippen LogP contribution in [0.1, 0.15) is 33.4 Å². The van der Waals surface area contributed by atoms with E-state index in [2.05, 4.69) is 4.98 Å². The molecule has 1 aromatic rings. The van der Waals surface area contributed by atoms with Crippen molar-refractivity contribution >= 4 is 0 Å². The fourth-order valence-electron chi connectivity index (χ4n) is 1.46. The van der Waals surface area contributed by atoms with Crippen LogP contribution in [0.4, 0.5) is 13.2 Å². The van der Waals surface area contributed by atoms with Gasteiger partial charge in [-0.25, -0.2) is 9.37 Å². The van der Waals surface area contributed by atoms with E-state index in [1.54, 1.807) is 27.7 Å². The molecular formula is C13H18F3NO2. The van der Waals surface area contributed by atoms with Gasteiger partial charge in [0.25, 0.3) is 5.95 Å². The van der Waals surface area contributed by atoms with Crippen molar-refractivity contribution in [1.29, 1.82) is 0 Å². The fourth-order valence-corrected chi connectivity index (χ4v) is 1.46. The number of halogens is 3. The Balaban J connectivity index is 3.22. The minimum absolute atomic E-state index is 0.0000359. The summed E-state index contributed by atoms with van der Waals surface area (Å²) in [6, 6.07) is 0. The molecule has 1 atom stereocenters. The maximum atomic E-state index is 14.1. The molecule has 0 spiro atoms. The number of pyridine rings is 1. The summed E-state index contributed by atoms with van der Waals surface area (Å²) in [7, 11) is 0. The van der Waals surface area contributed by atoms with Crippen LogP contribution in [-0.2, 0) is 6.42 Å². The number of hydrogen-bond donors (Lipinski definition) is 1. The van der Waals surface area contributed by atoms with Crippen molar-refractivity contribution in [2.75, 3.05) is 6.61 Å². The molecule has 108 valence electrons. The van der Waals surface area contributed by atoms with Crippen LogP contribution in [0.15, 0.2) is 0 Å². The Morgan fingerprint density at radius 3 is 2.26 bits per heavy atom. The van der Waals surface area contributed by atoms with Gasteiger partial charge < -0.3 is 9.84 Å². The van der Waals surface area contributed by atoms with Gasteiger partial charge in [0, 0.05) is 6.61 Å². The van der Waals surface area contributed by atoms with Crippen LogP contribution in [-0.4, -0.2) is 22.3 Å². The molecule has 6 heteroatoms. The molecule has 1 rings (SSSR count). The minimum Gasteiger partial charge on any atom is -0.482 e. The first kappa shape index (κ1) is 15.8. The maximum absolute atomic E-state index is 14.1. The quantitative estimate of drug-likeness (QED) is 0.860. The predicted octanol–water partition coefficient (Wildman–Crippen LogP) is 2.85. The highest BCUT2D eigenvalue weighted by molar-refractivity contribution is 5.29. The van der Waals surface area contributed by atoms with Gasteiger partial charge in [0.2, 0.25) is 5.82 Å². The first-order chi connectivity index (χ1) is 8.65. The van der Waals surface area contributed by atoms with Gasteiger partial charge >= 0.3 is 0 Å². The molecule has 0 amide bonds. The third-order valence-corrected chi connectivity index (χ3v) is 2.33. The summed E-state index contributed by atoms with van der Waals surface area (Å²) in [5.41, 5.74) is -1.12. The molecule has 1 aromatic heterocycles. The smallest absolute Gasteiger partial charge is 0.253 e. The Hall–Kier alpha value is -1.30. The molecule has 0 saturated carbocycles. The average molecular weight is 277 g/mol. The van der Waals surface area contributed by atoms with E-state index in [1.807, 2.05) is 0 Å². The Labute approximate surface area is 110 Å². The van der Waals surface area contributed by atoms with Gasteiger partial charge in [-0.3, -0.25) is 0 Å². The van der Waals surface area contributed by atoms with E-state index in [0.29, 0.717) is 0 Å². The van der Waals surface area contributed by atoms with E-state index < -0.39 is 28.9 Å². The van der Waals surface area contributed by atoms with Gasteiger partial charge in [-0.1, -0.05) is 6.92 Å². The Morgan fingerprint density at radius 1 is 1.21 bits per heavy atom. The molecule has 3 nitrogen and oxygen atoms in total. The second-order valence-corrected chi connectivity index (χ2v) is 5.51. The number of rotatable bonds is 4. The van der Waals surface area contributed by atoms with Gasteiger partial charge in [-0.15, -0.1) is 0 Å². The number of aliphatic hydroxyl groups excluding tert-OH is 1. The number of ether oxygens (including phenoxy) is 1. The minimum atomic E-state index is -1.44. The standard InChI is InChI=1S/C13H18F3NO2/c1-7(6-18)5-8-9(14)11(19-13(2,3)4)10(15)12(16)17-8/h7,18H,5-6H2,1-4H3. The third kappa shape index (κ3) is 4.09. The van der Waals surface area contributed by atoms with Crippen LogP contribution < -0.4 is 4.74 Å². The van der Waals surface area contributed by atoms with E-state index >= 15 is 0 Å². The SMILES string of the molecule is CC(CO)Cc1nc(F)c(F)c(OC(C)(C)C)c1F. The summed E-state index contributed by atoms with van der Waals surface area (Å²) in [5.74, 6) is -4.93. The second-order valence-electron chi connectivity index (χ2n) is 5.51. The van der Waals surface area contributed by atoms with Crippen LogP contribution in [0.3, 0.4) is 0 Å². The molecular weight excluding hydrogens is 259 g/mol. The van der Waals surface area contributed by atoms with Crippen molar-refractivity contribution in [3.63, 3.8) is 0 Å². The van der Waals surface area contributed by atoms with Crippen LogP contribution in [0.2, 0.25) is 0 Å². The summed E-state index contributed by atoms with van der Waals surface area (Å²) in [6.07, 6.45) is 0.0000359. The fraction of sp³-hybridized carbons (Fsp3) is 0.615. The van der Waals surface area contributed by atoms with Gasteiger partial charge in [-0.05, 0) is 33.1 Å². The Bertz CT molecular complexity index is 458. The van der Waals surface area contributed by atoms with Crippen LogP contribution in [0.25, 0.3) is 0 Å². The molecule has 0 aliphatic rings. The number of hydrogen-bond acceptors (Lipinski definition) is 3. The lowest BCUT2D eigenvalue weighted by molar-refractivity contribution is 0.114. The maximum Gasteiger partial charge on any atom is 0.253 e. The van der Waals surface area contributed by atoms with Crippen molar-refractivity contribution in [3.05, 3.63) is 23.3 Å². The van der Waals surface area contributed by atoms with Crippen LogP contribution >= 0.6 is 0 Å². The largest absolute Gasteiger partial charge is 0.482 e. The summed E-state index contributed by atoms with van der Waals surface area (Å²) >= 11 is 0. The summed E-state index contributed by atoms with van der Waals surface area (Å²) in [4.78, 5) is 3.24. The van der Waals surface area contributed by atoms with Gasteiger partial charge in [0.1, 0.15) is 5.60 Å². The lowest BCUT2D eigenvalue weighted by Crippen LogP contribution is -2.25. The monoisotopic (exact) mass is 277 g/mol. The average Bonchev–Trinajstić information content (AvgIpc) is 2.30. The van der Waals surface area contributed by atoms with E-state index in [1.165, 1.54) is 0 Å². The molecule has 1 N–H and O–H groups in total. The Morgan fingerprint density at radius 2 is 1.79 bits per heavy atom. The molecule has 0 bridgehead atoms. The first-order valence-corrected chi connectivity index (χ1v) is 5.99. The van der Waals surface area contributed by atoms with Gasteiger partial charge in [-0.2, -0.15) is 8.78 Å². The molecule has 0 aliphatic carbocycles. The van der Waals surface area contributed by atoms with E-state index in [4.69, 9.17) is 9.84 Å². The first-order valence-electron chi connectivity index (χ1n) is 5.99. The van der Waals surface area contributed by atoms with Crippen molar-refractivity contribution in [1.82, 2.24) is 4.98 Å². The third-order valence-electron chi connectivity index (χ3n) is 2.33. The van der Waals surface area contributed by atoms with E-state index in [-0.39, 0.29) is 24.6 Å². The molecule has 19 heavy (non-hydrogen) atoms. The van der Waals surface area contributed by atoms with E-state index in [9.17, 15) is 13.2 Å². The highest BCUT2D eigenvalue weighted by Crippen LogP contribution is 2.29. The second kappa shape index (κ2) is 5.77. The number of nitrogens with zero attached hydrogens (tertiary/aromatic N) is 1. The highest BCUT2D eigenvalue weighted by atomic mass is 19.2. The predicted molar refractivity (Wildman–Crippen MR) is 64.4 cm³/mol.